The third-order valence-electron chi connectivity index (χ3n) is 6.80. The van der Waals surface area contributed by atoms with Crippen molar-refractivity contribution < 1.29 is 4.79 Å². The van der Waals surface area contributed by atoms with Gasteiger partial charge in [-0.1, -0.05) is 27.5 Å². The Kier molecular flexibility index (Phi) is 7.32. The highest BCUT2D eigenvalue weighted by atomic mass is 79.9. The zero-order chi connectivity index (χ0) is 23.2. The summed E-state index contributed by atoms with van der Waals surface area (Å²) >= 11 is 13.8. The van der Waals surface area contributed by atoms with Crippen LogP contribution in [0.4, 0.5) is 0 Å². The Labute approximate surface area is 212 Å². The number of hydrogen-bond donors (Lipinski definition) is 0. The average Bonchev–Trinajstić information content (AvgIpc) is 2.90. The van der Waals surface area contributed by atoms with Crippen molar-refractivity contribution in [3.63, 3.8) is 0 Å². The molecular weight excluding hydrogens is 556 g/mol. The molecule has 32 heavy (non-hydrogen) atoms. The van der Waals surface area contributed by atoms with E-state index in [2.05, 4.69) is 67.6 Å². The Morgan fingerprint density at radius 2 is 1.91 bits per heavy atom. The van der Waals surface area contributed by atoms with Crippen LogP contribution in [0.15, 0.2) is 33.3 Å². The van der Waals surface area contributed by atoms with Crippen LogP contribution in [0.2, 0.25) is 5.02 Å². The van der Waals surface area contributed by atoms with Crippen molar-refractivity contribution in [1.82, 2.24) is 19.7 Å². The minimum Gasteiger partial charge on any atom is -0.342 e. The molecule has 2 atom stereocenters. The average molecular weight is 585 g/mol. The molecule has 2 aliphatic rings. The van der Waals surface area contributed by atoms with Crippen molar-refractivity contribution >= 4 is 49.4 Å². The van der Waals surface area contributed by atoms with E-state index in [0.29, 0.717) is 6.54 Å². The molecule has 4 rings (SSSR count). The normalized spacial score (nSPS) is 21.8. The molecular formula is C24H29Br2ClN4O. The summed E-state index contributed by atoms with van der Waals surface area (Å²) in [5.74, 6) is 0.167. The van der Waals surface area contributed by atoms with Gasteiger partial charge in [0.1, 0.15) is 6.04 Å². The number of aromatic nitrogens is 1. The van der Waals surface area contributed by atoms with Crippen LogP contribution < -0.4 is 0 Å². The fourth-order valence-corrected chi connectivity index (χ4v) is 6.21. The van der Waals surface area contributed by atoms with Gasteiger partial charge < -0.3 is 4.90 Å². The highest BCUT2D eigenvalue weighted by Crippen LogP contribution is 2.42. The first-order valence-corrected chi connectivity index (χ1v) is 13.0. The fourth-order valence-electron chi connectivity index (χ4n) is 4.74. The van der Waals surface area contributed by atoms with E-state index < -0.39 is 0 Å². The van der Waals surface area contributed by atoms with Gasteiger partial charge in [-0.3, -0.25) is 19.6 Å². The van der Waals surface area contributed by atoms with Crippen LogP contribution in [0.3, 0.4) is 0 Å². The molecule has 0 N–H and O–H groups in total. The van der Waals surface area contributed by atoms with E-state index in [1.165, 1.54) is 16.7 Å². The van der Waals surface area contributed by atoms with Gasteiger partial charge in [-0.15, -0.1) is 0 Å². The number of aryl methyl sites for hydroxylation is 2. The van der Waals surface area contributed by atoms with Gasteiger partial charge in [0.25, 0.3) is 0 Å². The van der Waals surface area contributed by atoms with Gasteiger partial charge in [-0.25, -0.2) is 0 Å². The van der Waals surface area contributed by atoms with Crippen LogP contribution in [0.1, 0.15) is 42.3 Å². The van der Waals surface area contributed by atoms with Crippen LogP contribution in [-0.4, -0.2) is 71.4 Å². The smallest absolute Gasteiger partial charge is 0.241 e. The number of pyridine rings is 1. The SMILES string of the molecule is CC(C)N(C)C(=O)[C@H]1CN(C2c3ncc(Br)cc3CCc3cc(Cl)cc(Br)c32)CCN1C. The van der Waals surface area contributed by atoms with E-state index in [0.717, 1.165) is 45.6 Å². The second kappa shape index (κ2) is 9.71. The molecule has 2 heterocycles. The summed E-state index contributed by atoms with van der Waals surface area (Å²) in [7, 11) is 3.95. The van der Waals surface area contributed by atoms with E-state index in [9.17, 15) is 4.79 Å². The Balaban J connectivity index is 1.79. The quantitative estimate of drug-likeness (QED) is 0.513. The molecule has 1 aromatic heterocycles. The maximum absolute atomic E-state index is 13.3. The molecule has 0 saturated carbocycles. The van der Waals surface area contributed by atoms with E-state index in [-0.39, 0.29) is 24.0 Å². The lowest BCUT2D eigenvalue weighted by Gasteiger charge is -2.44. The summed E-state index contributed by atoms with van der Waals surface area (Å²) in [4.78, 5) is 24.7. The predicted octanol–water partition coefficient (Wildman–Crippen LogP) is 4.93. The molecule has 1 fully saturated rings. The molecule has 1 unspecified atom stereocenters. The van der Waals surface area contributed by atoms with Gasteiger partial charge >= 0.3 is 0 Å². The number of fused-ring (bicyclic) bond motifs is 2. The maximum Gasteiger partial charge on any atom is 0.241 e. The number of halogens is 3. The van der Waals surface area contributed by atoms with Crippen molar-refractivity contribution in [2.75, 3.05) is 33.7 Å². The van der Waals surface area contributed by atoms with Crippen molar-refractivity contribution in [3.05, 3.63) is 60.7 Å². The third-order valence-corrected chi connectivity index (χ3v) is 8.10. The van der Waals surface area contributed by atoms with Crippen molar-refractivity contribution in [2.24, 2.45) is 0 Å². The Hall–Kier alpha value is -0.990. The minimum absolute atomic E-state index is 0.0319. The molecule has 0 radical (unpaired) electrons. The highest BCUT2D eigenvalue weighted by Gasteiger charge is 2.39. The van der Waals surface area contributed by atoms with Crippen molar-refractivity contribution in [1.29, 1.82) is 0 Å². The zero-order valence-electron chi connectivity index (χ0n) is 18.9. The Morgan fingerprint density at radius 3 is 2.62 bits per heavy atom. The van der Waals surface area contributed by atoms with Crippen molar-refractivity contribution in [2.45, 2.75) is 44.8 Å². The number of carbonyl (C=O) groups is 1. The lowest BCUT2D eigenvalue weighted by molar-refractivity contribution is -0.139. The second-order valence-corrected chi connectivity index (χ2v) is 11.3. The summed E-state index contributed by atoms with van der Waals surface area (Å²) < 4.78 is 1.99. The van der Waals surface area contributed by atoms with Gasteiger partial charge in [0.05, 0.1) is 11.7 Å². The third kappa shape index (κ3) is 4.64. The van der Waals surface area contributed by atoms with E-state index in [1.54, 1.807) is 0 Å². The number of piperazine rings is 1. The monoisotopic (exact) mass is 582 g/mol. The number of likely N-dealkylation sites (N-methyl/N-ethyl adjacent to an activating group) is 2. The molecule has 5 nitrogen and oxygen atoms in total. The molecule has 1 saturated heterocycles. The first-order chi connectivity index (χ1) is 15.2. The lowest BCUT2D eigenvalue weighted by atomic mass is 9.95. The summed E-state index contributed by atoms with van der Waals surface area (Å²) in [5.41, 5.74) is 4.77. The van der Waals surface area contributed by atoms with E-state index in [4.69, 9.17) is 16.6 Å². The molecule has 8 heteroatoms. The number of benzene rings is 1. The zero-order valence-corrected chi connectivity index (χ0v) is 22.8. The van der Waals surface area contributed by atoms with Crippen LogP contribution >= 0.6 is 43.5 Å². The second-order valence-electron chi connectivity index (χ2n) is 9.10. The number of rotatable bonds is 3. The molecule has 1 amide bonds. The molecule has 0 spiro atoms. The van der Waals surface area contributed by atoms with Gasteiger partial charge in [-0.2, -0.15) is 0 Å². The molecule has 172 valence electrons. The Bertz CT molecular complexity index is 1030. The summed E-state index contributed by atoms with van der Waals surface area (Å²) in [6.45, 7) is 6.45. The fraction of sp³-hybridized carbons (Fsp3) is 0.500. The standard InChI is InChI=1S/C24H29Br2ClN4O/c1-14(2)30(4)24(32)20-13-31(8-7-29(20)3)23-21-15(10-18(27)11-19(21)26)5-6-16-9-17(25)12-28-22(16)23/h9-12,14,20,23H,5-8,13H2,1-4H3/t20-,23?/m1/s1. The topological polar surface area (TPSA) is 39.7 Å². The number of hydrogen-bond acceptors (Lipinski definition) is 4. The van der Waals surface area contributed by atoms with Gasteiger partial charge in [0.15, 0.2) is 0 Å². The molecule has 0 bridgehead atoms. The van der Waals surface area contributed by atoms with Crippen LogP contribution in [0, 0.1) is 0 Å². The van der Waals surface area contributed by atoms with Crippen LogP contribution in [-0.2, 0) is 17.6 Å². The van der Waals surface area contributed by atoms with E-state index >= 15 is 0 Å². The van der Waals surface area contributed by atoms with Crippen molar-refractivity contribution in [3.8, 4) is 0 Å². The summed E-state index contributed by atoms with van der Waals surface area (Å²) in [5, 5.41) is 0.736. The summed E-state index contributed by atoms with van der Waals surface area (Å²) in [6.07, 6.45) is 3.69. The van der Waals surface area contributed by atoms with Crippen LogP contribution in [0.25, 0.3) is 0 Å². The number of nitrogens with zero attached hydrogens (tertiary/aromatic N) is 4. The molecule has 1 aromatic carbocycles. The van der Waals surface area contributed by atoms with Gasteiger partial charge in [0, 0.05) is 52.9 Å². The summed E-state index contributed by atoms with van der Waals surface area (Å²) in [6, 6.07) is 6.19. The van der Waals surface area contributed by atoms with Gasteiger partial charge in [-0.05, 0) is 84.6 Å². The van der Waals surface area contributed by atoms with Crippen LogP contribution in [0.5, 0.6) is 0 Å². The van der Waals surface area contributed by atoms with E-state index in [1.807, 2.05) is 31.3 Å². The predicted molar refractivity (Wildman–Crippen MR) is 136 cm³/mol. The maximum atomic E-state index is 13.3. The lowest BCUT2D eigenvalue weighted by Crippen LogP contribution is -2.59. The van der Waals surface area contributed by atoms with Gasteiger partial charge in [0.2, 0.25) is 5.91 Å². The largest absolute Gasteiger partial charge is 0.342 e. The number of carbonyl (C=O) groups excluding carboxylic acids is 1. The Morgan fingerprint density at radius 1 is 1.19 bits per heavy atom. The molecule has 1 aliphatic heterocycles. The minimum atomic E-state index is -0.187. The first-order valence-electron chi connectivity index (χ1n) is 11.0. The molecule has 2 aromatic rings. The highest BCUT2D eigenvalue weighted by molar-refractivity contribution is 9.10. The number of amides is 1. The molecule has 1 aliphatic carbocycles. The first kappa shape index (κ1) is 24.1.